The van der Waals surface area contributed by atoms with Crippen LogP contribution in [0.5, 0.6) is 0 Å². The molecule has 0 unspecified atom stereocenters. The lowest BCUT2D eigenvalue weighted by atomic mass is 10.1. The number of hydrogen-bond donors (Lipinski definition) is 1. The van der Waals surface area contributed by atoms with Gasteiger partial charge in [-0.3, -0.25) is 14.8 Å². The lowest BCUT2D eigenvalue weighted by Crippen LogP contribution is -2.23. The normalized spacial score (nSPS) is 11.6. The summed E-state index contributed by atoms with van der Waals surface area (Å²) in [4.78, 5) is 25.6. The summed E-state index contributed by atoms with van der Waals surface area (Å²) in [6.45, 7) is 0.796. The largest absolute Gasteiger partial charge is 0.416 e. The molecule has 3 heterocycles. The maximum absolute atomic E-state index is 13.1. The third-order valence-electron chi connectivity index (χ3n) is 5.85. The number of rotatable bonds is 8. The van der Waals surface area contributed by atoms with E-state index in [1.807, 2.05) is 34.9 Å². The Hall–Kier alpha value is -4.18. The Kier molecular flexibility index (Phi) is 7.41. The number of nitrogens with one attached hydrogen (secondary N) is 1. The fourth-order valence-corrected chi connectivity index (χ4v) is 4.87. The van der Waals surface area contributed by atoms with E-state index < -0.39 is 11.7 Å². The van der Waals surface area contributed by atoms with Crippen molar-refractivity contribution >= 4 is 28.7 Å². The van der Waals surface area contributed by atoms with E-state index in [1.54, 1.807) is 42.9 Å². The Morgan fingerprint density at radius 1 is 0.947 bits per heavy atom. The van der Waals surface area contributed by atoms with E-state index in [1.165, 1.54) is 23.9 Å². The van der Waals surface area contributed by atoms with Crippen LogP contribution in [-0.2, 0) is 25.0 Å². The van der Waals surface area contributed by atoms with Crippen molar-refractivity contribution in [2.45, 2.75) is 30.2 Å². The van der Waals surface area contributed by atoms with Gasteiger partial charge in [-0.05, 0) is 47.5 Å². The third kappa shape index (κ3) is 6.03. The number of hydrogen-bond acceptors (Lipinski definition) is 5. The molecule has 0 saturated carbocycles. The molecule has 3 aromatic heterocycles. The second-order valence-corrected chi connectivity index (χ2v) is 9.47. The Bertz CT molecular complexity index is 1550. The predicted octanol–water partition coefficient (Wildman–Crippen LogP) is 6.12. The third-order valence-corrected chi connectivity index (χ3v) is 6.90. The molecule has 0 fully saturated rings. The van der Waals surface area contributed by atoms with E-state index in [0.29, 0.717) is 35.1 Å². The zero-order valence-corrected chi connectivity index (χ0v) is 20.8. The molecule has 38 heavy (non-hydrogen) atoms. The van der Waals surface area contributed by atoms with Gasteiger partial charge in [-0.25, -0.2) is 4.98 Å². The van der Waals surface area contributed by atoms with Crippen molar-refractivity contribution in [1.82, 2.24) is 24.8 Å². The number of carbonyl (C=O) groups is 1. The smallest absolute Gasteiger partial charge is 0.346 e. The summed E-state index contributed by atoms with van der Waals surface area (Å²) in [6.07, 6.45) is 0.661. The molecular formula is C28H22F3N5OS. The molecule has 5 aromatic rings. The van der Waals surface area contributed by atoms with Crippen LogP contribution in [0.3, 0.4) is 0 Å². The number of nitrogens with zero attached hydrogens (tertiary/aromatic N) is 4. The predicted molar refractivity (Wildman–Crippen MR) is 139 cm³/mol. The minimum atomic E-state index is -4.39. The second kappa shape index (κ2) is 11.1. The molecule has 0 aliphatic heterocycles. The zero-order valence-electron chi connectivity index (χ0n) is 20.0. The van der Waals surface area contributed by atoms with E-state index in [2.05, 4.69) is 20.3 Å². The van der Waals surface area contributed by atoms with Crippen molar-refractivity contribution in [3.05, 3.63) is 119 Å². The van der Waals surface area contributed by atoms with Crippen molar-refractivity contribution in [2.75, 3.05) is 0 Å². The molecule has 192 valence electrons. The first-order valence-corrected chi connectivity index (χ1v) is 12.7. The molecule has 0 atom stereocenters. The minimum Gasteiger partial charge on any atom is -0.346 e. The van der Waals surface area contributed by atoms with Crippen LogP contribution < -0.4 is 5.32 Å². The number of thioether (sulfide) groups is 1. The standard InChI is InChI=1S/C28H22F3N5OS/c29-28(30,31)22-5-3-4-20(14-22)18-38-27-35-24-11-13-32-16-25(24)36(27)17-19-7-9-21(10-8-19)26(37)34-15-23-6-1-2-12-33-23/h1-14,16H,15,17-18H2,(H,34,37). The number of pyridine rings is 2. The van der Waals surface area contributed by atoms with Gasteiger partial charge < -0.3 is 9.88 Å². The van der Waals surface area contributed by atoms with Crippen LogP contribution in [0.25, 0.3) is 11.0 Å². The second-order valence-electron chi connectivity index (χ2n) is 8.53. The first kappa shape index (κ1) is 25.5. The van der Waals surface area contributed by atoms with Gasteiger partial charge in [-0.2, -0.15) is 13.2 Å². The Morgan fingerprint density at radius 3 is 2.55 bits per heavy atom. The van der Waals surface area contributed by atoms with E-state index in [9.17, 15) is 18.0 Å². The van der Waals surface area contributed by atoms with Crippen LogP contribution in [0.4, 0.5) is 13.2 Å². The van der Waals surface area contributed by atoms with Crippen LogP contribution in [0.1, 0.15) is 32.7 Å². The van der Waals surface area contributed by atoms with Gasteiger partial charge in [0.15, 0.2) is 5.16 Å². The molecule has 0 bridgehead atoms. The number of fused-ring (bicyclic) bond motifs is 1. The lowest BCUT2D eigenvalue weighted by molar-refractivity contribution is -0.137. The first-order chi connectivity index (χ1) is 18.4. The number of amides is 1. The van der Waals surface area contributed by atoms with Crippen LogP contribution in [-0.4, -0.2) is 25.4 Å². The van der Waals surface area contributed by atoms with Gasteiger partial charge in [0.05, 0.1) is 41.6 Å². The fraction of sp³-hybridized carbons (Fsp3) is 0.143. The summed E-state index contributed by atoms with van der Waals surface area (Å²) in [5.74, 6) is 0.132. The number of aromatic nitrogens is 4. The molecule has 5 rings (SSSR count). The van der Waals surface area contributed by atoms with Gasteiger partial charge in [0, 0.05) is 23.7 Å². The van der Waals surface area contributed by atoms with E-state index in [0.717, 1.165) is 28.4 Å². The number of halogens is 3. The fourth-order valence-electron chi connectivity index (χ4n) is 3.92. The molecule has 0 aliphatic rings. The highest BCUT2D eigenvalue weighted by molar-refractivity contribution is 7.98. The van der Waals surface area contributed by atoms with Crippen molar-refractivity contribution < 1.29 is 18.0 Å². The number of alkyl halides is 3. The van der Waals surface area contributed by atoms with E-state index >= 15 is 0 Å². The van der Waals surface area contributed by atoms with Crippen molar-refractivity contribution in [1.29, 1.82) is 0 Å². The average molecular weight is 534 g/mol. The van der Waals surface area contributed by atoms with Crippen LogP contribution >= 0.6 is 11.8 Å². The van der Waals surface area contributed by atoms with Gasteiger partial charge in [-0.15, -0.1) is 0 Å². The minimum absolute atomic E-state index is 0.197. The summed E-state index contributed by atoms with van der Waals surface area (Å²) < 4.78 is 41.3. The summed E-state index contributed by atoms with van der Waals surface area (Å²) >= 11 is 1.36. The SMILES string of the molecule is O=C(NCc1ccccn1)c1ccc(Cn2c(SCc3cccc(C(F)(F)F)c3)nc3ccncc32)cc1. The summed E-state index contributed by atoms with van der Waals surface area (Å²) in [5, 5.41) is 3.53. The highest BCUT2D eigenvalue weighted by Gasteiger charge is 2.30. The molecule has 1 N–H and O–H groups in total. The maximum atomic E-state index is 13.1. The quantitative estimate of drug-likeness (QED) is 0.244. The number of carbonyl (C=O) groups excluding carboxylic acids is 1. The Morgan fingerprint density at radius 2 is 1.79 bits per heavy atom. The molecule has 2 aromatic carbocycles. The number of benzene rings is 2. The Labute approximate surface area is 221 Å². The first-order valence-electron chi connectivity index (χ1n) is 11.7. The molecule has 0 spiro atoms. The maximum Gasteiger partial charge on any atom is 0.416 e. The number of imidazole rings is 1. The molecule has 6 nitrogen and oxygen atoms in total. The van der Waals surface area contributed by atoms with Crippen LogP contribution in [0.2, 0.25) is 0 Å². The zero-order chi connectivity index (χ0) is 26.5. The molecule has 0 saturated heterocycles. The average Bonchev–Trinajstić information content (AvgIpc) is 3.28. The van der Waals surface area contributed by atoms with Gasteiger partial charge in [0.1, 0.15) is 0 Å². The summed E-state index contributed by atoms with van der Waals surface area (Å²) in [7, 11) is 0. The summed E-state index contributed by atoms with van der Waals surface area (Å²) in [6, 6.07) is 19.9. The molecule has 0 radical (unpaired) electrons. The highest BCUT2D eigenvalue weighted by Crippen LogP contribution is 2.32. The Balaban J connectivity index is 1.31. The molecule has 10 heteroatoms. The van der Waals surface area contributed by atoms with Crippen molar-refractivity contribution in [3.63, 3.8) is 0 Å². The van der Waals surface area contributed by atoms with Crippen LogP contribution in [0.15, 0.2) is 96.5 Å². The molecular weight excluding hydrogens is 511 g/mol. The van der Waals surface area contributed by atoms with Gasteiger partial charge in [0.2, 0.25) is 0 Å². The van der Waals surface area contributed by atoms with E-state index in [4.69, 9.17) is 0 Å². The van der Waals surface area contributed by atoms with Crippen LogP contribution in [0, 0.1) is 0 Å². The van der Waals surface area contributed by atoms with Gasteiger partial charge in [-0.1, -0.05) is 48.2 Å². The topological polar surface area (TPSA) is 72.7 Å². The van der Waals surface area contributed by atoms with Crippen molar-refractivity contribution in [2.24, 2.45) is 0 Å². The highest BCUT2D eigenvalue weighted by atomic mass is 32.2. The molecule has 1 amide bonds. The van der Waals surface area contributed by atoms with E-state index in [-0.39, 0.29) is 5.91 Å². The molecule has 0 aliphatic carbocycles. The van der Waals surface area contributed by atoms with Gasteiger partial charge >= 0.3 is 6.18 Å². The monoisotopic (exact) mass is 533 g/mol. The lowest BCUT2D eigenvalue weighted by Gasteiger charge is -2.11. The van der Waals surface area contributed by atoms with Crippen molar-refractivity contribution in [3.8, 4) is 0 Å². The van der Waals surface area contributed by atoms with Gasteiger partial charge in [0.25, 0.3) is 5.91 Å². The summed E-state index contributed by atoms with van der Waals surface area (Å²) in [5.41, 5.74) is 3.69.